The van der Waals surface area contributed by atoms with Crippen LogP contribution in [-0.2, 0) is 10.5 Å². The van der Waals surface area contributed by atoms with Gasteiger partial charge in [0.05, 0.1) is 33.3 Å². The van der Waals surface area contributed by atoms with E-state index in [-0.39, 0.29) is 11.7 Å². The molecule has 33 heavy (non-hydrogen) atoms. The van der Waals surface area contributed by atoms with Gasteiger partial charge in [0.15, 0.2) is 20.2 Å². The summed E-state index contributed by atoms with van der Waals surface area (Å²) in [5.41, 5.74) is 4.34. The lowest BCUT2D eigenvalue weighted by molar-refractivity contribution is -0.118. The Hall–Kier alpha value is -2.47. The van der Waals surface area contributed by atoms with Gasteiger partial charge in [-0.1, -0.05) is 58.6 Å². The number of benzene rings is 2. The van der Waals surface area contributed by atoms with Gasteiger partial charge in [0.2, 0.25) is 5.75 Å². The molecule has 0 aliphatic rings. The number of halogens is 1. The molecule has 1 aromatic heterocycles. The third-order valence-electron chi connectivity index (χ3n) is 4.08. The number of nitrogens with zero attached hydrogens (tertiary/aromatic N) is 3. The molecular formula is C21H21ClN4O4S3. The number of hydrogen-bond acceptors (Lipinski definition) is 10. The molecule has 3 aromatic rings. The molecule has 0 aliphatic heterocycles. The van der Waals surface area contributed by atoms with Gasteiger partial charge in [-0.25, -0.2) is 5.43 Å². The summed E-state index contributed by atoms with van der Waals surface area (Å²) in [6, 6.07) is 11.2. The number of hydrazone groups is 1. The molecule has 12 heteroatoms. The molecule has 0 bridgehead atoms. The van der Waals surface area contributed by atoms with Gasteiger partial charge >= 0.3 is 0 Å². The molecule has 1 N–H and O–H groups in total. The number of nitrogens with one attached hydrogen (secondary N) is 1. The van der Waals surface area contributed by atoms with Crippen molar-refractivity contribution in [1.82, 2.24) is 15.6 Å². The number of thioether (sulfide) groups is 2. The number of amides is 1. The topological polar surface area (TPSA) is 94.9 Å². The van der Waals surface area contributed by atoms with Gasteiger partial charge in [0.1, 0.15) is 0 Å². The van der Waals surface area contributed by atoms with Crippen molar-refractivity contribution < 1.29 is 19.0 Å². The van der Waals surface area contributed by atoms with Gasteiger partial charge in [-0.15, -0.1) is 10.2 Å². The highest BCUT2D eigenvalue weighted by Crippen LogP contribution is 2.37. The molecule has 3 rings (SSSR count). The second kappa shape index (κ2) is 12.7. The van der Waals surface area contributed by atoms with E-state index in [2.05, 4.69) is 20.7 Å². The van der Waals surface area contributed by atoms with Crippen molar-refractivity contribution in [2.75, 3.05) is 27.1 Å². The summed E-state index contributed by atoms with van der Waals surface area (Å²) in [5, 5.41) is 13.0. The maximum absolute atomic E-state index is 12.1. The van der Waals surface area contributed by atoms with Crippen LogP contribution >= 0.6 is 46.5 Å². The molecule has 0 spiro atoms. The van der Waals surface area contributed by atoms with Crippen LogP contribution in [0.1, 0.15) is 11.1 Å². The first-order valence-electron chi connectivity index (χ1n) is 9.47. The van der Waals surface area contributed by atoms with Gasteiger partial charge in [-0.2, -0.15) is 5.10 Å². The predicted molar refractivity (Wildman–Crippen MR) is 133 cm³/mol. The summed E-state index contributed by atoms with van der Waals surface area (Å²) in [6.45, 7) is 0. The smallest absolute Gasteiger partial charge is 0.250 e. The van der Waals surface area contributed by atoms with Gasteiger partial charge < -0.3 is 14.2 Å². The number of rotatable bonds is 11. The summed E-state index contributed by atoms with van der Waals surface area (Å²) in [7, 11) is 4.60. The third-order valence-corrected chi connectivity index (χ3v) is 7.59. The van der Waals surface area contributed by atoms with E-state index in [1.165, 1.54) is 50.6 Å². The molecule has 1 heterocycles. The van der Waals surface area contributed by atoms with E-state index in [9.17, 15) is 4.79 Å². The Morgan fingerprint density at radius 2 is 1.70 bits per heavy atom. The summed E-state index contributed by atoms with van der Waals surface area (Å²) >= 11 is 10.3. The van der Waals surface area contributed by atoms with E-state index in [1.807, 2.05) is 24.3 Å². The van der Waals surface area contributed by atoms with Crippen LogP contribution in [0.3, 0.4) is 0 Å². The Balaban J connectivity index is 1.47. The minimum Gasteiger partial charge on any atom is -0.493 e. The molecule has 0 atom stereocenters. The highest BCUT2D eigenvalue weighted by atomic mass is 35.5. The third kappa shape index (κ3) is 7.53. The Bertz CT molecular complexity index is 1080. The standard InChI is InChI=1S/C21H21ClN4O4S3/c1-28-16-8-14(9-17(29-2)19(16)30-3)10-23-24-18(27)12-32-21-26-25-20(33-21)31-11-13-4-6-15(22)7-5-13/h4-10H,11-12H2,1-3H3,(H,24,27)/b23-10-. The first-order chi connectivity index (χ1) is 16.0. The average molecular weight is 525 g/mol. The largest absolute Gasteiger partial charge is 0.493 e. The van der Waals surface area contributed by atoms with Crippen LogP contribution in [0.15, 0.2) is 50.2 Å². The Labute approximate surface area is 209 Å². The molecule has 1 amide bonds. The van der Waals surface area contributed by atoms with Crippen LogP contribution in [0.5, 0.6) is 17.2 Å². The monoisotopic (exact) mass is 524 g/mol. The first kappa shape index (κ1) is 25.2. The fraction of sp³-hybridized carbons (Fsp3) is 0.238. The second-order valence-corrected chi connectivity index (χ2v) is 10.1. The van der Waals surface area contributed by atoms with Crippen molar-refractivity contribution in [1.29, 1.82) is 0 Å². The summed E-state index contributed by atoms with van der Waals surface area (Å²) in [4.78, 5) is 12.1. The minimum absolute atomic E-state index is 0.170. The van der Waals surface area contributed by atoms with E-state index in [0.717, 1.165) is 20.0 Å². The van der Waals surface area contributed by atoms with Gasteiger partial charge in [0, 0.05) is 16.3 Å². The molecule has 0 aliphatic carbocycles. The van der Waals surface area contributed by atoms with Crippen LogP contribution in [0.25, 0.3) is 0 Å². The number of hydrogen-bond donors (Lipinski definition) is 1. The SMILES string of the molecule is COc1cc(/C=N\NC(=O)CSc2nnc(SCc3ccc(Cl)cc3)s2)cc(OC)c1OC. The summed E-state index contributed by atoms with van der Waals surface area (Å²) in [6.07, 6.45) is 1.50. The molecule has 0 saturated heterocycles. The maximum Gasteiger partial charge on any atom is 0.250 e. The van der Waals surface area contributed by atoms with Crippen molar-refractivity contribution in [3.63, 3.8) is 0 Å². The molecule has 2 aromatic carbocycles. The number of carbonyl (C=O) groups excluding carboxylic acids is 1. The van der Waals surface area contributed by atoms with Gasteiger partial charge in [-0.05, 0) is 29.8 Å². The molecule has 0 fully saturated rings. The minimum atomic E-state index is -0.255. The highest BCUT2D eigenvalue weighted by molar-refractivity contribution is 8.03. The quantitative estimate of drug-likeness (QED) is 0.218. The van der Waals surface area contributed by atoms with Crippen molar-refractivity contribution in [3.05, 3.63) is 52.5 Å². The fourth-order valence-corrected chi connectivity index (χ4v) is 5.45. The first-order valence-corrected chi connectivity index (χ1v) is 12.6. The molecule has 8 nitrogen and oxygen atoms in total. The lowest BCUT2D eigenvalue weighted by Crippen LogP contribution is -2.19. The number of carbonyl (C=O) groups is 1. The Morgan fingerprint density at radius 3 is 2.30 bits per heavy atom. The zero-order valence-electron chi connectivity index (χ0n) is 18.0. The molecular weight excluding hydrogens is 504 g/mol. The van der Waals surface area contributed by atoms with Crippen molar-refractivity contribution in [2.24, 2.45) is 5.10 Å². The van der Waals surface area contributed by atoms with Crippen LogP contribution in [0.4, 0.5) is 0 Å². The molecule has 0 radical (unpaired) electrons. The maximum atomic E-state index is 12.1. The van der Waals surface area contributed by atoms with Crippen molar-refractivity contribution in [2.45, 2.75) is 14.4 Å². The predicted octanol–water partition coefficient (Wildman–Crippen LogP) is 4.75. The van der Waals surface area contributed by atoms with Crippen LogP contribution in [-0.4, -0.2) is 49.4 Å². The molecule has 174 valence electrons. The lowest BCUT2D eigenvalue weighted by Gasteiger charge is -2.12. The fourth-order valence-electron chi connectivity index (χ4n) is 2.55. The number of ether oxygens (including phenoxy) is 3. The number of aromatic nitrogens is 2. The number of methoxy groups -OCH3 is 3. The summed E-state index contributed by atoms with van der Waals surface area (Å²) < 4.78 is 17.5. The average Bonchev–Trinajstić information content (AvgIpc) is 3.29. The lowest BCUT2D eigenvalue weighted by atomic mass is 10.2. The second-order valence-electron chi connectivity index (χ2n) is 6.29. The van der Waals surface area contributed by atoms with E-state index in [4.69, 9.17) is 25.8 Å². The van der Waals surface area contributed by atoms with Gasteiger partial charge in [0.25, 0.3) is 5.91 Å². The molecule has 0 unspecified atom stereocenters. The molecule has 0 saturated carbocycles. The van der Waals surface area contributed by atoms with Crippen molar-refractivity contribution >= 4 is 58.6 Å². The van der Waals surface area contributed by atoms with Crippen LogP contribution < -0.4 is 19.6 Å². The van der Waals surface area contributed by atoms with E-state index in [0.29, 0.717) is 27.8 Å². The zero-order chi connectivity index (χ0) is 23.6. The zero-order valence-corrected chi connectivity index (χ0v) is 21.2. The van der Waals surface area contributed by atoms with Crippen LogP contribution in [0.2, 0.25) is 5.02 Å². The van der Waals surface area contributed by atoms with Gasteiger partial charge in [-0.3, -0.25) is 4.79 Å². The van der Waals surface area contributed by atoms with E-state index >= 15 is 0 Å². The van der Waals surface area contributed by atoms with Crippen LogP contribution in [0, 0.1) is 0 Å². The van der Waals surface area contributed by atoms with Crippen molar-refractivity contribution in [3.8, 4) is 17.2 Å². The Morgan fingerprint density at radius 1 is 1.06 bits per heavy atom. The van der Waals surface area contributed by atoms with E-state index < -0.39 is 0 Å². The Kier molecular flexibility index (Phi) is 9.67. The summed E-state index contributed by atoms with van der Waals surface area (Å²) in [5.74, 6) is 2.17. The highest BCUT2D eigenvalue weighted by Gasteiger charge is 2.13. The van der Waals surface area contributed by atoms with E-state index in [1.54, 1.807) is 23.9 Å². The normalized spacial score (nSPS) is 10.9.